The largest absolute Gasteiger partial charge is 0.478 e. The molecule has 1 aliphatic rings. The van der Waals surface area contributed by atoms with Gasteiger partial charge < -0.3 is 10.4 Å². The maximum atomic E-state index is 10.8. The third-order valence-electron chi connectivity index (χ3n) is 4.55. The second-order valence-electron chi connectivity index (χ2n) is 6.14. The summed E-state index contributed by atoms with van der Waals surface area (Å²) in [5.41, 5.74) is 2.77. The summed E-state index contributed by atoms with van der Waals surface area (Å²) in [5, 5.41) is 13.3. The molecular formula is C19H20ClNO2. The Bertz CT molecular complexity index is 684. The van der Waals surface area contributed by atoms with Gasteiger partial charge in [0.25, 0.3) is 0 Å². The molecule has 1 saturated carbocycles. The molecule has 2 aromatic carbocycles. The van der Waals surface area contributed by atoms with E-state index in [1.165, 1.54) is 12.0 Å². The summed E-state index contributed by atoms with van der Waals surface area (Å²) in [6.45, 7) is 0.771. The van der Waals surface area contributed by atoms with E-state index in [1.807, 2.05) is 24.3 Å². The number of hydrogen-bond acceptors (Lipinski definition) is 2. The lowest BCUT2D eigenvalue weighted by atomic mass is 9.97. The maximum absolute atomic E-state index is 10.8. The van der Waals surface area contributed by atoms with Crippen molar-refractivity contribution in [2.45, 2.75) is 37.8 Å². The van der Waals surface area contributed by atoms with Crippen molar-refractivity contribution >= 4 is 17.6 Å². The van der Waals surface area contributed by atoms with E-state index in [0.29, 0.717) is 17.5 Å². The van der Waals surface area contributed by atoms with Crippen LogP contribution < -0.4 is 5.32 Å². The second-order valence-corrected chi connectivity index (χ2v) is 6.58. The van der Waals surface area contributed by atoms with Crippen molar-refractivity contribution in [2.75, 3.05) is 0 Å². The fourth-order valence-electron chi connectivity index (χ4n) is 3.26. The number of hydrogen-bond donors (Lipinski definition) is 2. The Hall–Kier alpha value is -1.84. The van der Waals surface area contributed by atoms with Crippen LogP contribution in [0.3, 0.4) is 0 Å². The highest BCUT2D eigenvalue weighted by Gasteiger charge is 2.25. The van der Waals surface area contributed by atoms with Crippen LogP contribution in [0.5, 0.6) is 0 Å². The molecule has 2 atom stereocenters. The zero-order chi connectivity index (χ0) is 16.2. The van der Waals surface area contributed by atoms with E-state index in [4.69, 9.17) is 16.7 Å². The Morgan fingerprint density at radius 3 is 2.65 bits per heavy atom. The summed E-state index contributed by atoms with van der Waals surface area (Å²) in [4.78, 5) is 10.8. The van der Waals surface area contributed by atoms with Gasteiger partial charge >= 0.3 is 5.97 Å². The van der Waals surface area contributed by atoms with Crippen LogP contribution in [0, 0.1) is 0 Å². The zero-order valence-electron chi connectivity index (χ0n) is 12.8. The maximum Gasteiger partial charge on any atom is 0.335 e. The highest BCUT2D eigenvalue weighted by atomic mass is 35.5. The van der Waals surface area contributed by atoms with Crippen LogP contribution in [-0.2, 0) is 6.54 Å². The van der Waals surface area contributed by atoms with E-state index < -0.39 is 5.97 Å². The van der Waals surface area contributed by atoms with Crippen LogP contribution >= 0.6 is 11.6 Å². The van der Waals surface area contributed by atoms with Gasteiger partial charge in [0.05, 0.1) is 5.56 Å². The van der Waals surface area contributed by atoms with Gasteiger partial charge in [-0.05, 0) is 60.6 Å². The van der Waals surface area contributed by atoms with Crippen LogP contribution in [0.2, 0.25) is 5.02 Å². The van der Waals surface area contributed by atoms with Crippen molar-refractivity contribution in [1.82, 2.24) is 5.32 Å². The van der Waals surface area contributed by atoms with Crippen molar-refractivity contribution in [2.24, 2.45) is 0 Å². The smallest absolute Gasteiger partial charge is 0.335 e. The van der Waals surface area contributed by atoms with E-state index in [9.17, 15) is 4.79 Å². The number of carboxylic acid groups (broad SMARTS) is 1. The summed E-state index contributed by atoms with van der Waals surface area (Å²) in [5.74, 6) is -0.315. The van der Waals surface area contributed by atoms with Crippen molar-refractivity contribution in [3.63, 3.8) is 0 Å². The van der Waals surface area contributed by atoms with Crippen LogP contribution in [0.15, 0.2) is 48.5 Å². The van der Waals surface area contributed by atoms with E-state index in [-0.39, 0.29) is 0 Å². The Labute approximate surface area is 141 Å². The van der Waals surface area contributed by atoms with E-state index in [2.05, 4.69) is 17.4 Å². The third-order valence-corrected chi connectivity index (χ3v) is 4.78. The van der Waals surface area contributed by atoms with Gasteiger partial charge in [-0.3, -0.25) is 0 Å². The van der Waals surface area contributed by atoms with Gasteiger partial charge in [-0.1, -0.05) is 35.9 Å². The minimum atomic E-state index is -0.885. The summed E-state index contributed by atoms with van der Waals surface area (Å²) < 4.78 is 0. The molecule has 1 fully saturated rings. The number of benzene rings is 2. The lowest BCUT2D eigenvalue weighted by Crippen LogP contribution is -2.25. The molecule has 0 bridgehead atoms. The van der Waals surface area contributed by atoms with Crippen molar-refractivity contribution in [1.29, 1.82) is 0 Å². The fourth-order valence-corrected chi connectivity index (χ4v) is 3.46. The minimum absolute atomic E-state index is 0.329. The molecule has 3 nitrogen and oxygen atoms in total. The van der Waals surface area contributed by atoms with Gasteiger partial charge in [0.1, 0.15) is 0 Å². The number of nitrogens with one attached hydrogen (secondary N) is 1. The third kappa shape index (κ3) is 4.12. The average Bonchev–Trinajstić information content (AvgIpc) is 3.02. The molecule has 120 valence electrons. The lowest BCUT2D eigenvalue weighted by Gasteiger charge is -2.14. The number of carboxylic acids is 1. The molecule has 0 amide bonds. The quantitative estimate of drug-likeness (QED) is 0.851. The molecule has 4 heteroatoms. The van der Waals surface area contributed by atoms with Crippen molar-refractivity contribution in [3.8, 4) is 0 Å². The Kier molecular flexibility index (Phi) is 4.99. The molecule has 2 N–H and O–H groups in total. The number of carbonyl (C=O) groups is 1. The molecule has 2 aromatic rings. The topological polar surface area (TPSA) is 49.3 Å². The fraction of sp³-hybridized carbons (Fsp3) is 0.316. The molecule has 0 spiro atoms. The lowest BCUT2D eigenvalue weighted by molar-refractivity contribution is 0.0697. The molecule has 0 aromatic heterocycles. The van der Waals surface area contributed by atoms with Gasteiger partial charge in [0, 0.05) is 17.6 Å². The molecule has 3 rings (SSSR count). The first kappa shape index (κ1) is 16.0. The van der Waals surface area contributed by atoms with E-state index >= 15 is 0 Å². The van der Waals surface area contributed by atoms with Gasteiger partial charge in [-0.15, -0.1) is 0 Å². The summed E-state index contributed by atoms with van der Waals surface area (Å²) in [7, 11) is 0. The average molecular weight is 330 g/mol. The molecule has 0 heterocycles. The summed E-state index contributed by atoms with van der Waals surface area (Å²) >= 11 is 6.08. The monoisotopic (exact) mass is 329 g/mol. The molecule has 0 saturated heterocycles. The van der Waals surface area contributed by atoms with Gasteiger partial charge in [0.15, 0.2) is 0 Å². The predicted octanol–water partition coefficient (Wildman–Crippen LogP) is 4.46. The van der Waals surface area contributed by atoms with E-state index in [0.717, 1.165) is 30.0 Å². The van der Waals surface area contributed by atoms with Crippen molar-refractivity contribution in [3.05, 3.63) is 70.2 Å². The molecular weight excluding hydrogens is 310 g/mol. The van der Waals surface area contributed by atoms with Crippen molar-refractivity contribution < 1.29 is 9.90 Å². The second kappa shape index (κ2) is 7.16. The highest BCUT2D eigenvalue weighted by molar-refractivity contribution is 6.30. The SMILES string of the molecule is O=C(O)c1ccc(CNC2CCC(c3cccc(Cl)c3)C2)cc1. The Morgan fingerprint density at radius 2 is 1.96 bits per heavy atom. The first-order valence-electron chi connectivity index (χ1n) is 7.93. The minimum Gasteiger partial charge on any atom is -0.478 e. The van der Waals surface area contributed by atoms with Gasteiger partial charge in [-0.2, -0.15) is 0 Å². The van der Waals surface area contributed by atoms with E-state index in [1.54, 1.807) is 12.1 Å². The Balaban J connectivity index is 1.53. The number of aromatic carboxylic acids is 1. The van der Waals surface area contributed by atoms with Crippen LogP contribution in [0.4, 0.5) is 0 Å². The molecule has 0 radical (unpaired) electrons. The zero-order valence-corrected chi connectivity index (χ0v) is 13.6. The molecule has 1 aliphatic carbocycles. The first-order valence-corrected chi connectivity index (χ1v) is 8.30. The van der Waals surface area contributed by atoms with Crippen LogP contribution in [0.25, 0.3) is 0 Å². The summed E-state index contributed by atoms with van der Waals surface area (Å²) in [6.07, 6.45) is 3.45. The summed E-state index contributed by atoms with van der Waals surface area (Å²) in [6, 6.07) is 15.7. The van der Waals surface area contributed by atoms with Gasteiger partial charge in [0.2, 0.25) is 0 Å². The van der Waals surface area contributed by atoms with Crippen LogP contribution in [0.1, 0.15) is 46.7 Å². The van der Waals surface area contributed by atoms with Gasteiger partial charge in [-0.25, -0.2) is 4.79 Å². The first-order chi connectivity index (χ1) is 11.1. The van der Waals surface area contributed by atoms with Crippen LogP contribution in [-0.4, -0.2) is 17.1 Å². The standard InChI is InChI=1S/C19H20ClNO2/c20-17-3-1-2-15(10-17)16-8-9-18(11-16)21-12-13-4-6-14(7-5-13)19(22)23/h1-7,10,16,18,21H,8-9,11-12H2,(H,22,23). The molecule has 0 aliphatic heterocycles. The predicted molar refractivity (Wildman–Crippen MR) is 92.1 cm³/mol. The molecule has 2 unspecified atom stereocenters. The highest BCUT2D eigenvalue weighted by Crippen LogP contribution is 2.35. The number of halogens is 1. The normalized spacial score (nSPS) is 20.6. The Morgan fingerprint density at radius 1 is 1.17 bits per heavy atom. The number of rotatable bonds is 5. The molecule has 23 heavy (non-hydrogen) atoms.